The number of ether oxygens (including phenoxy) is 2. The molecule has 0 spiro atoms. The zero-order chi connectivity index (χ0) is 18.4. The van der Waals surface area contributed by atoms with E-state index in [1.165, 1.54) is 13.2 Å². The third-order valence-corrected chi connectivity index (χ3v) is 4.09. The average molecular weight is 422 g/mol. The van der Waals surface area contributed by atoms with Crippen LogP contribution in [0, 0.1) is 11.3 Å². The highest BCUT2D eigenvalue weighted by Gasteiger charge is 2.13. The van der Waals surface area contributed by atoms with Crippen LogP contribution in [0.1, 0.15) is 11.1 Å². The maximum Gasteiger partial charge on any atom is 0.259 e. The standard InChI is InChI=1S/C18H14BrClN2O3/c1-24-16-8-12(6-13(9-21)18(22)23)7-15(19)17(16)25-10-11-2-4-14(20)5-3-11/h2-8H,10H2,1H3,(H2,22,23)/b13-6+. The zero-order valence-electron chi connectivity index (χ0n) is 13.3. The number of rotatable bonds is 6. The van der Waals surface area contributed by atoms with Crippen molar-refractivity contribution >= 4 is 39.5 Å². The molecule has 7 heteroatoms. The first-order chi connectivity index (χ1) is 11.9. The predicted molar refractivity (Wildman–Crippen MR) is 99.3 cm³/mol. The van der Waals surface area contributed by atoms with Gasteiger partial charge in [-0.15, -0.1) is 0 Å². The van der Waals surface area contributed by atoms with E-state index in [1.807, 2.05) is 12.1 Å². The van der Waals surface area contributed by atoms with E-state index in [2.05, 4.69) is 15.9 Å². The fraction of sp³-hybridized carbons (Fsp3) is 0.111. The number of halogens is 2. The lowest BCUT2D eigenvalue weighted by Crippen LogP contribution is -2.12. The van der Waals surface area contributed by atoms with Crippen molar-refractivity contribution in [3.63, 3.8) is 0 Å². The Morgan fingerprint density at radius 3 is 2.60 bits per heavy atom. The summed E-state index contributed by atoms with van der Waals surface area (Å²) in [5.41, 5.74) is 6.53. The summed E-state index contributed by atoms with van der Waals surface area (Å²) in [5, 5.41) is 9.60. The van der Waals surface area contributed by atoms with Crippen LogP contribution in [-0.2, 0) is 11.4 Å². The Hall–Kier alpha value is -2.49. The molecule has 0 bridgehead atoms. The molecular formula is C18H14BrClN2O3. The highest BCUT2D eigenvalue weighted by molar-refractivity contribution is 9.10. The van der Waals surface area contributed by atoms with Crippen molar-refractivity contribution in [3.8, 4) is 17.6 Å². The van der Waals surface area contributed by atoms with Crippen LogP contribution in [0.15, 0.2) is 46.4 Å². The number of amides is 1. The van der Waals surface area contributed by atoms with Gasteiger partial charge in [0, 0.05) is 5.02 Å². The van der Waals surface area contributed by atoms with Crippen molar-refractivity contribution in [1.29, 1.82) is 5.26 Å². The summed E-state index contributed by atoms with van der Waals surface area (Å²) in [6.45, 7) is 0.325. The Balaban J connectivity index is 2.29. The molecule has 0 fully saturated rings. The second-order valence-corrected chi connectivity index (χ2v) is 6.27. The topological polar surface area (TPSA) is 85.3 Å². The van der Waals surface area contributed by atoms with Crippen LogP contribution < -0.4 is 15.2 Å². The van der Waals surface area contributed by atoms with E-state index >= 15 is 0 Å². The van der Waals surface area contributed by atoms with Crippen molar-refractivity contribution < 1.29 is 14.3 Å². The number of nitrogens with zero attached hydrogens (tertiary/aromatic N) is 1. The number of primary amides is 1. The van der Waals surface area contributed by atoms with Crippen molar-refractivity contribution in [3.05, 3.63) is 62.6 Å². The summed E-state index contributed by atoms with van der Waals surface area (Å²) in [5.74, 6) is 0.171. The molecule has 0 saturated heterocycles. The van der Waals surface area contributed by atoms with Crippen molar-refractivity contribution in [2.75, 3.05) is 7.11 Å². The summed E-state index contributed by atoms with van der Waals surface area (Å²) in [6, 6.07) is 12.4. The van der Waals surface area contributed by atoms with Crippen molar-refractivity contribution in [2.45, 2.75) is 6.61 Å². The van der Waals surface area contributed by atoms with E-state index < -0.39 is 5.91 Å². The third kappa shape index (κ3) is 4.99. The monoisotopic (exact) mass is 420 g/mol. The SMILES string of the molecule is COc1cc(/C=C(\C#N)C(N)=O)cc(Br)c1OCc1ccc(Cl)cc1. The Labute approximate surface area is 158 Å². The maximum absolute atomic E-state index is 11.2. The lowest BCUT2D eigenvalue weighted by Gasteiger charge is -2.14. The van der Waals surface area contributed by atoms with Gasteiger partial charge in [-0.3, -0.25) is 4.79 Å². The Kier molecular flexibility index (Phi) is 6.45. The van der Waals surface area contributed by atoms with Gasteiger partial charge < -0.3 is 15.2 Å². The molecule has 0 heterocycles. The fourth-order valence-electron chi connectivity index (χ4n) is 2.02. The van der Waals surface area contributed by atoms with Crippen LogP contribution in [0.4, 0.5) is 0 Å². The van der Waals surface area contributed by atoms with Gasteiger partial charge in [-0.2, -0.15) is 5.26 Å². The first-order valence-electron chi connectivity index (χ1n) is 7.11. The molecule has 0 atom stereocenters. The molecular weight excluding hydrogens is 408 g/mol. The first kappa shape index (κ1) is 18.8. The molecule has 128 valence electrons. The second kappa shape index (κ2) is 8.56. The van der Waals surface area contributed by atoms with Crippen LogP contribution in [0.3, 0.4) is 0 Å². The van der Waals surface area contributed by atoms with Crippen LogP contribution >= 0.6 is 27.5 Å². The molecule has 25 heavy (non-hydrogen) atoms. The summed E-state index contributed by atoms with van der Waals surface area (Å²) in [7, 11) is 1.50. The number of carbonyl (C=O) groups excluding carboxylic acids is 1. The van der Waals surface area contributed by atoms with E-state index in [9.17, 15) is 4.79 Å². The average Bonchev–Trinajstić information content (AvgIpc) is 2.59. The number of carbonyl (C=O) groups is 1. The van der Waals surface area contributed by atoms with Gasteiger partial charge in [0.15, 0.2) is 11.5 Å². The van der Waals surface area contributed by atoms with Crippen LogP contribution in [0.2, 0.25) is 5.02 Å². The number of benzene rings is 2. The molecule has 2 N–H and O–H groups in total. The molecule has 0 unspecified atom stereocenters. The molecule has 5 nitrogen and oxygen atoms in total. The van der Waals surface area contributed by atoms with Gasteiger partial charge in [0.25, 0.3) is 5.91 Å². The first-order valence-corrected chi connectivity index (χ1v) is 8.28. The Morgan fingerprint density at radius 1 is 1.36 bits per heavy atom. The fourth-order valence-corrected chi connectivity index (χ4v) is 2.72. The molecule has 0 aromatic heterocycles. The smallest absolute Gasteiger partial charge is 0.259 e. The van der Waals surface area contributed by atoms with E-state index in [-0.39, 0.29) is 5.57 Å². The lowest BCUT2D eigenvalue weighted by atomic mass is 10.1. The molecule has 0 radical (unpaired) electrons. The number of hydrogen-bond donors (Lipinski definition) is 1. The third-order valence-electron chi connectivity index (χ3n) is 3.25. The summed E-state index contributed by atoms with van der Waals surface area (Å²) >= 11 is 9.28. The lowest BCUT2D eigenvalue weighted by molar-refractivity contribution is -0.114. The minimum absolute atomic E-state index is 0.149. The van der Waals surface area contributed by atoms with Crippen LogP contribution in [-0.4, -0.2) is 13.0 Å². The van der Waals surface area contributed by atoms with Gasteiger partial charge in [-0.05, 0) is 57.4 Å². The molecule has 0 aliphatic carbocycles. The van der Waals surface area contributed by atoms with Gasteiger partial charge in [0.05, 0.1) is 11.6 Å². The molecule has 0 aliphatic rings. The van der Waals surface area contributed by atoms with E-state index in [1.54, 1.807) is 30.3 Å². The van der Waals surface area contributed by atoms with Gasteiger partial charge in [-0.25, -0.2) is 0 Å². The van der Waals surface area contributed by atoms with Crippen molar-refractivity contribution in [2.24, 2.45) is 5.73 Å². The minimum atomic E-state index is -0.791. The molecule has 2 aromatic rings. The zero-order valence-corrected chi connectivity index (χ0v) is 15.6. The molecule has 2 aromatic carbocycles. The maximum atomic E-state index is 11.2. The molecule has 0 aliphatic heterocycles. The van der Waals surface area contributed by atoms with Gasteiger partial charge in [-0.1, -0.05) is 23.7 Å². The summed E-state index contributed by atoms with van der Waals surface area (Å²) < 4.78 is 11.8. The van der Waals surface area contributed by atoms with E-state index in [0.29, 0.717) is 33.2 Å². The minimum Gasteiger partial charge on any atom is -0.493 e. The van der Waals surface area contributed by atoms with Crippen LogP contribution in [0.25, 0.3) is 6.08 Å². The number of nitriles is 1. The number of hydrogen-bond acceptors (Lipinski definition) is 4. The molecule has 0 saturated carbocycles. The summed E-state index contributed by atoms with van der Waals surface area (Å²) in [6.07, 6.45) is 1.39. The quantitative estimate of drug-likeness (QED) is 0.562. The largest absolute Gasteiger partial charge is 0.493 e. The Morgan fingerprint density at radius 2 is 2.04 bits per heavy atom. The summed E-state index contributed by atoms with van der Waals surface area (Å²) in [4.78, 5) is 11.2. The predicted octanol–water partition coefficient (Wildman–Crippen LogP) is 4.08. The number of methoxy groups -OCH3 is 1. The van der Waals surface area contributed by atoms with E-state index in [0.717, 1.165) is 5.56 Å². The highest BCUT2D eigenvalue weighted by Crippen LogP contribution is 2.37. The van der Waals surface area contributed by atoms with Crippen LogP contribution in [0.5, 0.6) is 11.5 Å². The molecule has 1 amide bonds. The number of nitrogens with two attached hydrogens (primary N) is 1. The highest BCUT2D eigenvalue weighted by atomic mass is 79.9. The van der Waals surface area contributed by atoms with E-state index in [4.69, 9.17) is 32.1 Å². The molecule has 2 rings (SSSR count). The van der Waals surface area contributed by atoms with Gasteiger partial charge in [0.1, 0.15) is 18.2 Å². The van der Waals surface area contributed by atoms with Crippen molar-refractivity contribution in [1.82, 2.24) is 0 Å². The second-order valence-electron chi connectivity index (χ2n) is 4.98. The normalized spacial score (nSPS) is 10.9. The van der Waals surface area contributed by atoms with Gasteiger partial charge in [0.2, 0.25) is 0 Å². The Bertz CT molecular complexity index is 858. The van der Waals surface area contributed by atoms with Gasteiger partial charge >= 0.3 is 0 Å².